The van der Waals surface area contributed by atoms with Gasteiger partial charge in [-0.25, -0.2) is 0 Å². The smallest absolute Gasteiger partial charge is 0.122 e. The number of morpholine rings is 1. The van der Waals surface area contributed by atoms with Crippen molar-refractivity contribution in [3.8, 4) is 5.75 Å². The number of rotatable bonds is 4. The molecule has 1 aliphatic rings. The van der Waals surface area contributed by atoms with E-state index in [0.29, 0.717) is 12.1 Å². The highest BCUT2D eigenvalue weighted by Gasteiger charge is 2.18. The van der Waals surface area contributed by atoms with Crippen molar-refractivity contribution in [1.82, 2.24) is 5.32 Å². The van der Waals surface area contributed by atoms with Gasteiger partial charge < -0.3 is 14.8 Å². The Bertz CT molecular complexity index is 392. The second kappa shape index (κ2) is 6.21. The topological polar surface area (TPSA) is 30.5 Å². The van der Waals surface area contributed by atoms with E-state index in [1.54, 1.807) is 7.11 Å². The summed E-state index contributed by atoms with van der Waals surface area (Å²) in [5, 5.41) is 3.57. The van der Waals surface area contributed by atoms with Crippen LogP contribution in [0.3, 0.4) is 0 Å². The molecule has 2 atom stereocenters. The minimum absolute atomic E-state index is 0.457. The van der Waals surface area contributed by atoms with Crippen molar-refractivity contribution in [2.24, 2.45) is 0 Å². The van der Waals surface area contributed by atoms with Gasteiger partial charge in [0.15, 0.2) is 0 Å². The van der Waals surface area contributed by atoms with Crippen LogP contribution >= 0.6 is 0 Å². The van der Waals surface area contributed by atoms with Gasteiger partial charge in [0, 0.05) is 12.1 Å². The zero-order chi connectivity index (χ0) is 13.0. The Balaban J connectivity index is 1.94. The van der Waals surface area contributed by atoms with E-state index >= 15 is 0 Å². The fourth-order valence-corrected chi connectivity index (χ4v) is 2.48. The summed E-state index contributed by atoms with van der Waals surface area (Å²) < 4.78 is 11.0. The molecule has 100 valence electrons. The van der Waals surface area contributed by atoms with Gasteiger partial charge in [-0.2, -0.15) is 0 Å². The molecule has 3 nitrogen and oxygen atoms in total. The molecule has 1 aliphatic heterocycles. The highest BCUT2D eigenvalue weighted by Crippen LogP contribution is 2.22. The Morgan fingerprint density at radius 1 is 1.39 bits per heavy atom. The van der Waals surface area contributed by atoms with Crippen molar-refractivity contribution in [2.45, 2.75) is 38.8 Å². The van der Waals surface area contributed by atoms with Gasteiger partial charge in [0.25, 0.3) is 0 Å². The average molecular weight is 249 g/mol. The van der Waals surface area contributed by atoms with Crippen LogP contribution in [0.25, 0.3) is 0 Å². The third kappa shape index (κ3) is 3.47. The number of hydrogen-bond acceptors (Lipinski definition) is 3. The van der Waals surface area contributed by atoms with Crippen LogP contribution in [-0.2, 0) is 11.2 Å². The van der Waals surface area contributed by atoms with Gasteiger partial charge in [-0.05, 0) is 38.3 Å². The van der Waals surface area contributed by atoms with Gasteiger partial charge in [-0.15, -0.1) is 0 Å². The highest BCUT2D eigenvalue weighted by atomic mass is 16.5. The van der Waals surface area contributed by atoms with E-state index in [1.807, 2.05) is 0 Å². The molecule has 0 spiro atoms. The van der Waals surface area contributed by atoms with Crippen LogP contribution in [0, 0.1) is 6.92 Å². The second-order valence-corrected chi connectivity index (χ2v) is 5.16. The minimum Gasteiger partial charge on any atom is -0.496 e. The minimum atomic E-state index is 0.457. The maximum atomic E-state index is 5.57. The van der Waals surface area contributed by atoms with Crippen LogP contribution < -0.4 is 10.1 Å². The van der Waals surface area contributed by atoms with Crippen molar-refractivity contribution < 1.29 is 9.47 Å². The molecule has 0 aliphatic carbocycles. The third-order valence-corrected chi connectivity index (χ3v) is 3.41. The van der Waals surface area contributed by atoms with Crippen LogP contribution in [0.15, 0.2) is 18.2 Å². The molecule has 2 unspecified atom stereocenters. The first kappa shape index (κ1) is 13.4. The number of nitrogens with one attached hydrogen (secondary N) is 1. The molecular formula is C15H23NO2. The zero-order valence-electron chi connectivity index (χ0n) is 11.5. The predicted octanol–water partition coefficient (Wildman–Crippen LogP) is 2.31. The largest absolute Gasteiger partial charge is 0.496 e. The average Bonchev–Trinajstić information content (AvgIpc) is 2.37. The van der Waals surface area contributed by atoms with Crippen LogP contribution in [0.2, 0.25) is 0 Å². The van der Waals surface area contributed by atoms with Crippen LogP contribution in [0.5, 0.6) is 5.75 Å². The molecule has 1 aromatic carbocycles. The number of ether oxygens (including phenoxy) is 2. The quantitative estimate of drug-likeness (QED) is 0.888. The maximum Gasteiger partial charge on any atom is 0.122 e. The Hall–Kier alpha value is -1.06. The molecule has 18 heavy (non-hydrogen) atoms. The Kier molecular flexibility index (Phi) is 4.61. The van der Waals surface area contributed by atoms with E-state index in [1.165, 1.54) is 11.1 Å². The first-order valence-corrected chi connectivity index (χ1v) is 6.66. The molecule has 1 N–H and O–H groups in total. The molecule has 0 saturated carbocycles. The van der Waals surface area contributed by atoms with E-state index in [9.17, 15) is 0 Å². The number of hydrogen-bond donors (Lipinski definition) is 1. The molecule has 1 aromatic rings. The maximum absolute atomic E-state index is 5.57. The van der Waals surface area contributed by atoms with Gasteiger partial charge in [0.2, 0.25) is 0 Å². The van der Waals surface area contributed by atoms with Crippen molar-refractivity contribution in [2.75, 3.05) is 20.3 Å². The first-order chi connectivity index (χ1) is 8.69. The monoisotopic (exact) mass is 249 g/mol. The van der Waals surface area contributed by atoms with Crippen molar-refractivity contribution in [3.63, 3.8) is 0 Å². The Labute approximate surface area is 109 Å². The predicted molar refractivity (Wildman–Crippen MR) is 73.3 cm³/mol. The SMILES string of the molecule is COc1ccc(C)cc1CCC1COCC(C)N1. The zero-order valence-corrected chi connectivity index (χ0v) is 11.5. The second-order valence-electron chi connectivity index (χ2n) is 5.16. The van der Waals surface area contributed by atoms with Gasteiger partial charge in [-0.3, -0.25) is 0 Å². The lowest BCUT2D eigenvalue weighted by molar-refractivity contribution is 0.0483. The standard InChI is InChI=1S/C15H23NO2/c1-11-4-7-15(17-3)13(8-11)5-6-14-10-18-9-12(2)16-14/h4,7-8,12,14,16H,5-6,9-10H2,1-3H3. The lowest BCUT2D eigenvalue weighted by atomic mass is 10.0. The normalized spacial score (nSPS) is 23.9. The van der Waals surface area contributed by atoms with Crippen LogP contribution in [0.4, 0.5) is 0 Å². The molecule has 3 heteroatoms. The van der Waals surface area contributed by atoms with E-state index < -0.39 is 0 Å². The molecule has 0 radical (unpaired) electrons. The molecule has 1 fully saturated rings. The highest BCUT2D eigenvalue weighted by molar-refractivity contribution is 5.37. The molecule has 0 aromatic heterocycles. The third-order valence-electron chi connectivity index (χ3n) is 3.41. The molecular weight excluding hydrogens is 226 g/mol. The van der Waals surface area contributed by atoms with Crippen LogP contribution in [0.1, 0.15) is 24.5 Å². The van der Waals surface area contributed by atoms with Crippen molar-refractivity contribution >= 4 is 0 Å². The summed E-state index contributed by atoms with van der Waals surface area (Å²) in [4.78, 5) is 0. The molecule has 0 bridgehead atoms. The fraction of sp³-hybridized carbons (Fsp3) is 0.600. The van der Waals surface area contributed by atoms with Gasteiger partial charge in [0.1, 0.15) is 5.75 Å². The van der Waals surface area contributed by atoms with E-state index in [-0.39, 0.29) is 0 Å². The Morgan fingerprint density at radius 3 is 2.94 bits per heavy atom. The summed E-state index contributed by atoms with van der Waals surface area (Å²) in [6, 6.07) is 7.28. The summed E-state index contributed by atoms with van der Waals surface area (Å²) in [7, 11) is 1.73. The van der Waals surface area contributed by atoms with Crippen molar-refractivity contribution in [1.29, 1.82) is 0 Å². The summed E-state index contributed by atoms with van der Waals surface area (Å²) in [5.74, 6) is 0.991. The van der Waals surface area contributed by atoms with Crippen LogP contribution in [-0.4, -0.2) is 32.4 Å². The van der Waals surface area contributed by atoms with Gasteiger partial charge >= 0.3 is 0 Å². The van der Waals surface area contributed by atoms with Crippen molar-refractivity contribution in [3.05, 3.63) is 29.3 Å². The molecule has 1 heterocycles. The molecule has 2 rings (SSSR count). The summed E-state index contributed by atoms with van der Waals surface area (Å²) in [6.45, 7) is 5.93. The lowest BCUT2D eigenvalue weighted by Crippen LogP contribution is -2.47. The van der Waals surface area contributed by atoms with E-state index in [4.69, 9.17) is 9.47 Å². The van der Waals surface area contributed by atoms with Gasteiger partial charge in [-0.1, -0.05) is 17.7 Å². The Morgan fingerprint density at radius 2 is 2.22 bits per heavy atom. The lowest BCUT2D eigenvalue weighted by Gasteiger charge is -2.29. The summed E-state index contributed by atoms with van der Waals surface area (Å²) in [5.41, 5.74) is 2.57. The number of aryl methyl sites for hydroxylation is 2. The number of benzene rings is 1. The summed E-state index contributed by atoms with van der Waals surface area (Å²) >= 11 is 0. The fourth-order valence-electron chi connectivity index (χ4n) is 2.48. The molecule has 0 amide bonds. The van der Waals surface area contributed by atoms with Gasteiger partial charge in [0.05, 0.1) is 20.3 Å². The summed E-state index contributed by atoms with van der Waals surface area (Å²) in [6.07, 6.45) is 2.11. The van der Waals surface area contributed by atoms with E-state index in [2.05, 4.69) is 37.4 Å². The molecule has 1 saturated heterocycles. The van der Waals surface area contributed by atoms with E-state index in [0.717, 1.165) is 31.8 Å². The first-order valence-electron chi connectivity index (χ1n) is 6.66. The number of methoxy groups -OCH3 is 1.